The summed E-state index contributed by atoms with van der Waals surface area (Å²) in [6.07, 6.45) is 0. The van der Waals surface area contributed by atoms with Crippen LogP contribution in [0.1, 0.15) is 0 Å². The molecule has 0 N–H and O–H groups in total. The molecule has 2 heteroatoms. The van der Waals surface area contributed by atoms with Crippen molar-refractivity contribution in [2.45, 2.75) is 0 Å². The van der Waals surface area contributed by atoms with Gasteiger partial charge in [-0.1, -0.05) is 164 Å². The molecule has 0 saturated carbocycles. The fourth-order valence-corrected chi connectivity index (χ4v) is 9.45. The first-order chi connectivity index (χ1) is 29.7. The SMILES string of the molecule is c1ccc(-c2cccc(-n3c4ccccc4c4cc(-c5ccc6c(c5)c5ccccc5n6-c5ccccc5-c5cccc(-c6ccc7ccccc7c6)c5)ccc43)c2)cc1. The minimum Gasteiger partial charge on any atom is -0.309 e. The van der Waals surface area contributed by atoms with Crippen molar-refractivity contribution >= 4 is 54.4 Å². The molecule has 10 aromatic carbocycles. The molecule has 0 saturated heterocycles. The van der Waals surface area contributed by atoms with Gasteiger partial charge in [0, 0.05) is 32.8 Å². The minimum atomic E-state index is 1.16. The maximum atomic E-state index is 2.45. The molecule has 0 aliphatic heterocycles. The van der Waals surface area contributed by atoms with Crippen LogP contribution in [0.2, 0.25) is 0 Å². The number of nitrogens with zero attached hydrogens (tertiary/aromatic N) is 2. The molecule has 12 aromatic rings. The van der Waals surface area contributed by atoms with Crippen LogP contribution in [-0.2, 0) is 0 Å². The molecular weight excluding hydrogens is 725 g/mol. The number of fused-ring (bicyclic) bond motifs is 7. The van der Waals surface area contributed by atoms with E-state index >= 15 is 0 Å². The van der Waals surface area contributed by atoms with Gasteiger partial charge in [-0.3, -0.25) is 0 Å². The van der Waals surface area contributed by atoms with E-state index in [1.54, 1.807) is 0 Å². The molecular formula is C58H38N2. The van der Waals surface area contributed by atoms with Crippen molar-refractivity contribution in [2.24, 2.45) is 0 Å². The van der Waals surface area contributed by atoms with Gasteiger partial charge in [-0.15, -0.1) is 0 Å². The second-order valence-corrected chi connectivity index (χ2v) is 15.7. The van der Waals surface area contributed by atoms with E-state index in [0.717, 1.165) is 11.4 Å². The van der Waals surface area contributed by atoms with Crippen LogP contribution >= 0.6 is 0 Å². The quantitative estimate of drug-likeness (QED) is 0.160. The van der Waals surface area contributed by atoms with E-state index in [1.165, 1.54) is 98.9 Å². The largest absolute Gasteiger partial charge is 0.309 e. The first-order valence-electron chi connectivity index (χ1n) is 20.7. The standard InChI is InChI=1S/C58H38N2/c1-2-14-39(15-3-1)43-19-13-21-48(36-43)59-55-26-10-7-23-50(55)52-37-45(30-32-57(52)59)46-31-33-58-53(38-46)51-24-8-11-27-56(51)60(58)54-25-9-6-22-49(54)47-20-12-18-42(35-47)44-29-28-40-16-4-5-17-41(40)34-44/h1-38H. The van der Waals surface area contributed by atoms with Gasteiger partial charge in [0.15, 0.2) is 0 Å². The molecule has 0 radical (unpaired) electrons. The molecule has 0 aliphatic carbocycles. The first kappa shape index (κ1) is 34.1. The van der Waals surface area contributed by atoms with Gasteiger partial charge in [-0.2, -0.15) is 0 Å². The molecule has 12 rings (SSSR count). The van der Waals surface area contributed by atoms with Gasteiger partial charge in [0.1, 0.15) is 0 Å². The third-order valence-electron chi connectivity index (χ3n) is 12.3. The summed E-state index contributed by atoms with van der Waals surface area (Å²) in [5.41, 5.74) is 16.8. The third-order valence-corrected chi connectivity index (χ3v) is 12.3. The Labute approximate surface area is 348 Å². The van der Waals surface area contributed by atoms with E-state index in [-0.39, 0.29) is 0 Å². The molecule has 0 bridgehead atoms. The molecule has 0 spiro atoms. The Hall–Kier alpha value is -7.94. The van der Waals surface area contributed by atoms with E-state index in [1.807, 2.05) is 0 Å². The second kappa shape index (κ2) is 13.9. The van der Waals surface area contributed by atoms with Crippen LogP contribution in [0.15, 0.2) is 231 Å². The molecule has 0 amide bonds. The zero-order chi connectivity index (χ0) is 39.6. The molecule has 280 valence electrons. The molecule has 2 nitrogen and oxygen atoms in total. The molecule has 0 unspecified atom stereocenters. The maximum Gasteiger partial charge on any atom is 0.0541 e. The fraction of sp³-hybridized carbons (Fsp3) is 0. The van der Waals surface area contributed by atoms with Gasteiger partial charge < -0.3 is 9.13 Å². The summed E-state index contributed by atoms with van der Waals surface area (Å²) < 4.78 is 4.86. The van der Waals surface area contributed by atoms with E-state index in [4.69, 9.17) is 0 Å². The van der Waals surface area contributed by atoms with Crippen molar-refractivity contribution in [3.63, 3.8) is 0 Å². The van der Waals surface area contributed by atoms with Crippen molar-refractivity contribution in [3.05, 3.63) is 231 Å². The predicted octanol–water partition coefficient (Wildman–Crippen LogP) is 15.7. The van der Waals surface area contributed by atoms with Crippen molar-refractivity contribution in [1.82, 2.24) is 9.13 Å². The third kappa shape index (κ3) is 5.57. The number of benzene rings is 10. The Morgan fingerprint density at radius 1 is 0.233 bits per heavy atom. The molecule has 0 aliphatic rings. The topological polar surface area (TPSA) is 9.86 Å². The van der Waals surface area contributed by atoms with Crippen molar-refractivity contribution in [1.29, 1.82) is 0 Å². The van der Waals surface area contributed by atoms with Gasteiger partial charge in [0.2, 0.25) is 0 Å². The number of hydrogen-bond donors (Lipinski definition) is 0. The van der Waals surface area contributed by atoms with Crippen LogP contribution in [0.3, 0.4) is 0 Å². The summed E-state index contributed by atoms with van der Waals surface area (Å²) in [4.78, 5) is 0. The molecule has 0 fully saturated rings. The van der Waals surface area contributed by atoms with Gasteiger partial charge >= 0.3 is 0 Å². The zero-order valence-electron chi connectivity index (χ0n) is 32.8. The molecule has 2 aromatic heterocycles. The highest BCUT2D eigenvalue weighted by Crippen LogP contribution is 2.41. The summed E-state index contributed by atoms with van der Waals surface area (Å²) in [7, 11) is 0. The lowest BCUT2D eigenvalue weighted by molar-refractivity contribution is 1.18. The Bertz CT molecular complexity index is 3600. The predicted molar refractivity (Wildman–Crippen MR) is 254 cm³/mol. The fourth-order valence-electron chi connectivity index (χ4n) is 9.45. The lowest BCUT2D eigenvalue weighted by Gasteiger charge is -2.15. The van der Waals surface area contributed by atoms with E-state index in [9.17, 15) is 0 Å². The summed E-state index contributed by atoms with van der Waals surface area (Å²) in [5.74, 6) is 0. The van der Waals surface area contributed by atoms with Crippen molar-refractivity contribution < 1.29 is 0 Å². The molecule has 0 atom stereocenters. The summed E-state index contributed by atoms with van der Waals surface area (Å²) in [5, 5.41) is 7.48. The lowest BCUT2D eigenvalue weighted by Crippen LogP contribution is -1.97. The Balaban J connectivity index is 0.977. The minimum absolute atomic E-state index is 1.16. The normalized spacial score (nSPS) is 11.7. The smallest absolute Gasteiger partial charge is 0.0541 e. The highest BCUT2D eigenvalue weighted by Gasteiger charge is 2.18. The van der Waals surface area contributed by atoms with Crippen LogP contribution in [0.4, 0.5) is 0 Å². The zero-order valence-corrected chi connectivity index (χ0v) is 32.8. The highest BCUT2D eigenvalue weighted by molar-refractivity contribution is 6.13. The molecule has 2 heterocycles. The van der Waals surface area contributed by atoms with Gasteiger partial charge in [0.25, 0.3) is 0 Å². The van der Waals surface area contributed by atoms with E-state index < -0.39 is 0 Å². The van der Waals surface area contributed by atoms with Crippen molar-refractivity contribution in [2.75, 3.05) is 0 Å². The van der Waals surface area contributed by atoms with Crippen molar-refractivity contribution in [3.8, 4) is 55.9 Å². The van der Waals surface area contributed by atoms with Crippen LogP contribution < -0.4 is 0 Å². The molecule has 60 heavy (non-hydrogen) atoms. The van der Waals surface area contributed by atoms with Gasteiger partial charge in [-0.05, 0) is 116 Å². The van der Waals surface area contributed by atoms with Gasteiger partial charge in [0.05, 0.1) is 27.8 Å². The maximum absolute atomic E-state index is 2.45. The van der Waals surface area contributed by atoms with Crippen LogP contribution in [0.25, 0.3) is 110 Å². The number of rotatable bonds is 6. The van der Waals surface area contributed by atoms with Crippen LogP contribution in [0, 0.1) is 0 Å². The van der Waals surface area contributed by atoms with E-state index in [0.29, 0.717) is 0 Å². The Morgan fingerprint density at radius 2 is 0.733 bits per heavy atom. The number of aromatic nitrogens is 2. The second-order valence-electron chi connectivity index (χ2n) is 15.7. The van der Waals surface area contributed by atoms with E-state index in [2.05, 4.69) is 240 Å². The summed E-state index contributed by atoms with van der Waals surface area (Å²) in [6, 6.07) is 84.2. The number of hydrogen-bond acceptors (Lipinski definition) is 0. The average molecular weight is 763 g/mol. The van der Waals surface area contributed by atoms with Gasteiger partial charge in [-0.25, -0.2) is 0 Å². The monoisotopic (exact) mass is 762 g/mol. The van der Waals surface area contributed by atoms with Crippen LogP contribution in [-0.4, -0.2) is 9.13 Å². The average Bonchev–Trinajstić information content (AvgIpc) is 3.84. The number of para-hydroxylation sites is 3. The Morgan fingerprint density at radius 3 is 1.50 bits per heavy atom. The first-order valence-corrected chi connectivity index (χ1v) is 20.7. The van der Waals surface area contributed by atoms with Crippen LogP contribution in [0.5, 0.6) is 0 Å². The Kier molecular flexibility index (Phi) is 7.89. The summed E-state index contributed by atoms with van der Waals surface area (Å²) in [6.45, 7) is 0. The highest BCUT2D eigenvalue weighted by atomic mass is 15.0. The summed E-state index contributed by atoms with van der Waals surface area (Å²) >= 11 is 0. The lowest BCUT2D eigenvalue weighted by atomic mass is 9.96.